The summed E-state index contributed by atoms with van der Waals surface area (Å²) in [6.07, 6.45) is 9.11. The second kappa shape index (κ2) is 4.73. The average molecular weight is 141 g/mol. The van der Waals surface area contributed by atoms with Gasteiger partial charge in [0.05, 0.1) is 6.61 Å². The molecule has 0 N–H and O–H groups in total. The van der Waals surface area contributed by atoms with E-state index in [1.54, 1.807) is 0 Å². The predicted octanol–water partition coefficient (Wildman–Crippen LogP) is 2.78. The fraction of sp³-hybridized carbons (Fsp3) is 1.00. The maximum Gasteiger partial charge on any atom is 0.0822 e. The molecule has 1 fully saturated rings. The summed E-state index contributed by atoms with van der Waals surface area (Å²) < 4.78 is 0. The van der Waals surface area contributed by atoms with Crippen LogP contribution in [0.25, 0.3) is 0 Å². The van der Waals surface area contributed by atoms with E-state index in [1.165, 1.54) is 38.5 Å². The number of hydrogen-bond acceptors (Lipinski definition) is 0. The molecule has 0 aliphatic heterocycles. The molecule has 1 aliphatic rings. The van der Waals surface area contributed by atoms with Crippen molar-refractivity contribution in [3.05, 3.63) is 0 Å². The van der Waals surface area contributed by atoms with Crippen LogP contribution in [0.1, 0.15) is 44.9 Å². The topological polar surface area (TPSA) is 19.9 Å². The van der Waals surface area contributed by atoms with Crippen LogP contribution in [0.15, 0.2) is 0 Å². The van der Waals surface area contributed by atoms with Gasteiger partial charge in [-0.2, -0.15) is 0 Å². The molecule has 10 heavy (non-hydrogen) atoms. The van der Waals surface area contributed by atoms with Crippen molar-refractivity contribution in [2.24, 2.45) is 5.92 Å². The Hall–Kier alpha value is -0.0400. The summed E-state index contributed by atoms with van der Waals surface area (Å²) in [5.41, 5.74) is 0. The molecule has 1 rings (SSSR count). The van der Waals surface area contributed by atoms with Gasteiger partial charge in [0.25, 0.3) is 0 Å². The van der Waals surface area contributed by atoms with Crippen LogP contribution >= 0.6 is 0 Å². The average Bonchev–Trinajstić information content (AvgIpc) is 1.84. The zero-order valence-corrected chi connectivity index (χ0v) is 6.64. The van der Waals surface area contributed by atoms with Gasteiger partial charge in [-0.05, 0) is 12.3 Å². The van der Waals surface area contributed by atoms with Gasteiger partial charge in [-0.15, -0.1) is 0 Å². The van der Waals surface area contributed by atoms with E-state index in [0.29, 0.717) is 0 Å². The molecule has 0 heterocycles. The largest absolute Gasteiger partial charge is 0.237 e. The van der Waals surface area contributed by atoms with Crippen molar-refractivity contribution in [2.45, 2.75) is 44.9 Å². The molecule has 1 saturated carbocycles. The van der Waals surface area contributed by atoms with E-state index in [4.69, 9.17) is 0 Å². The van der Waals surface area contributed by atoms with Gasteiger partial charge in [0, 0.05) is 0 Å². The van der Waals surface area contributed by atoms with E-state index >= 15 is 0 Å². The second-order valence-corrected chi connectivity index (χ2v) is 3.35. The minimum absolute atomic E-state index is 0.130. The smallest absolute Gasteiger partial charge is 0.0822 e. The Bertz CT molecular complexity index is 76.8. The molecule has 0 atom stereocenters. The zero-order chi connectivity index (χ0) is 7.23. The first-order valence-electron chi connectivity index (χ1n) is 4.51. The van der Waals surface area contributed by atoms with Gasteiger partial charge in [0.2, 0.25) is 0 Å². The van der Waals surface area contributed by atoms with Crippen molar-refractivity contribution < 1.29 is 5.11 Å². The first kappa shape index (κ1) is 8.06. The third-order valence-corrected chi connectivity index (χ3v) is 2.48. The molecule has 0 unspecified atom stereocenters. The van der Waals surface area contributed by atoms with Crippen molar-refractivity contribution in [1.82, 2.24) is 0 Å². The van der Waals surface area contributed by atoms with Crippen molar-refractivity contribution in [3.63, 3.8) is 0 Å². The summed E-state index contributed by atoms with van der Waals surface area (Å²) in [6.45, 7) is 0.130. The highest BCUT2D eigenvalue weighted by Gasteiger charge is 2.15. The lowest BCUT2D eigenvalue weighted by molar-refractivity contribution is 0.183. The minimum atomic E-state index is 0.130. The van der Waals surface area contributed by atoms with E-state index in [2.05, 4.69) is 0 Å². The van der Waals surface area contributed by atoms with Crippen LogP contribution in [-0.4, -0.2) is 6.61 Å². The molecule has 0 bridgehead atoms. The van der Waals surface area contributed by atoms with Crippen molar-refractivity contribution in [2.75, 3.05) is 6.61 Å². The summed E-state index contributed by atoms with van der Waals surface area (Å²) in [4.78, 5) is 0. The van der Waals surface area contributed by atoms with Gasteiger partial charge < -0.3 is 0 Å². The third kappa shape index (κ3) is 2.70. The summed E-state index contributed by atoms with van der Waals surface area (Å²) in [7, 11) is 0. The Balaban J connectivity index is 1.76. The van der Waals surface area contributed by atoms with Crippen LogP contribution in [0.3, 0.4) is 0 Å². The molecule has 0 aromatic rings. The molecule has 0 spiro atoms. The first-order chi connectivity index (χ1) is 4.93. The third-order valence-electron chi connectivity index (χ3n) is 2.48. The Morgan fingerprint density at radius 3 is 2.40 bits per heavy atom. The van der Waals surface area contributed by atoms with E-state index < -0.39 is 0 Å². The van der Waals surface area contributed by atoms with Crippen LogP contribution in [0.2, 0.25) is 0 Å². The fourth-order valence-corrected chi connectivity index (χ4v) is 1.49. The SMILES string of the molecule is [O]CCCCCC1CCC1. The monoisotopic (exact) mass is 141 g/mol. The van der Waals surface area contributed by atoms with Crippen molar-refractivity contribution in [3.8, 4) is 0 Å². The number of hydrogen-bond donors (Lipinski definition) is 0. The minimum Gasteiger partial charge on any atom is -0.237 e. The highest BCUT2D eigenvalue weighted by atomic mass is 16.2. The van der Waals surface area contributed by atoms with E-state index in [0.717, 1.165) is 12.3 Å². The molecular weight excluding hydrogens is 124 g/mol. The highest BCUT2D eigenvalue weighted by Crippen LogP contribution is 2.30. The Kier molecular flexibility index (Phi) is 3.81. The lowest BCUT2D eigenvalue weighted by Crippen LogP contribution is -2.10. The van der Waals surface area contributed by atoms with Gasteiger partial charge in [0.1, 0.15) is 0 Å². The Morgan fingerprint density at radius 2 is 1.90 bits per heavy atom. The van der Waals surface area contributed by atoms with Crippen LogP contribution in [0, 0.1) is 5.92 Å². The second-order valence-electron chi connectivity index (χ2n) is 3.35. The predicted molar refractivity (Wildman–Crippen MR) is 41.4 cm³/mol. The summed E-state index contributed by atoms with van der Waals surface area (Å²) in [5.74, 6) is 1.03. The van der Waals surface area contributed by atoms with E-state index in [-0.39, 0.29) is 6.61 Å². The standard InChI is InChI=1S/C9H17O/c10-8-3-1-2-5-9-6-4-7-9/h9H,1-8H2. The number of rotatable bonds is 5. The Morgan fingerprint density at radius 1 is 1.10 bits per heavy atom. The molecule has 0 saturated heterocycles. The van der Waals surface area contributed by atoms with Crippen LogP contribution < -0.4 is 0 Å². The van der Waals surface area contributed by atoms with Crippen LogP contribution in [0.4, 0.5) is 0 Å². The van der Waals surface area contributed by atoms with Gasteiger partial charge >= 0.3 is 0 Å². The quantitative estimate of drug-likeness (QED) is 0.525. The van der Waals surface area contributed by atoms with Gasteiger partial charge in [-0.1, -0.05) is 38.5 Å². The van der Waals surface area contributed by atoms with Crippen molar-refractivity contribution >= 4 is 0 Å². The lowest BCUT2D eigenvalue weighted by atomic mass is 9.82. The molecule has 59 valence electrons. The summed E-state index contributed by atoms with van der Waals surface area (Å²) in [6, 6.07) is 0. The summed E-state index contributed by atoms with van der Waals surface area (Å²) in [5, 5.41) is 10.1. The Labute approximate surface area is 63.4 Å². The van der Waals surface area contributed by atoms with Crippen LogP contribution in [-0.2, 0) is 5.11 Å². The van der Waals surface area contributed by atoms with Crippen LogP contribution in [0.5, 0.6) is 0 Å². The van der Waals surface area contributed by atoms with Gasteiger partial charge in [0.15, 0.2) is 0 Å². The van der Waals surface area contributed by atoms with E-state index in [9.17, 15) is 5.11 Å². The maximum atomic E-state index is 10.1. The molecular formula is C9H17O. The summed E-state index contributed by atoms with van der Waals surface area (Å²) >= 11 is 0. The van der Waals surface area contributed by atoms with Gasteiger partial charge in [-0.25, -0.2) is 5.11 Å². The van der Waals surface area contributed by atoms with Gasteiger partial charge in [-0.3, -0.25) is 0 Å². The molecule has 1 aliphatic carbocycles. The first-order valence-corrected chi connectivity index (χ1v) is 4.51. The molecule has 1 radical (unpaired) electrons. The number of unbranched alkanes of at least 4 members (excludes halogenated alkanes) is 2. The van der Waals surface area contributed by atoms with E-state index in [1.807, 2.05) is 0 Å². The van der Waals surface area contributed by atoms with Crippen molar-refractivity contribution in [1.29, 1.82) is 0 Å². The lowest BCUT2D eigenvalue weighted by Gasteiger charge is -2.24. The molecule has 0 amide bonds. The zero-order valence-electron chi connectivity index (χ0n) is 6.64. The maximum absolute atomic E-state index is 10.1. The highest BCUT2D eigenvalue weighted by molar-refractivity contribution is 4.68. The molecule has 0 aromatic carbocycles. The normalized spacial score (nSPS) is 18.9. The molecule has 1 heteroatoms. The fourth-order valence-electron chi connectivity index (χ4n) is 1.49. The molecule has 1 nitrogen and oxygen atoms in total. The molecule has 0 aromatic heterocycles.